The largest absolute Gasteiger partial charge is 0.495 e. The summed E-state index contributed by atoms with van der Waals surface area (Å²) in [6, 6.07) is 21.5. The van der Waals surface area contributed by atoms with Crippen molar-refractivity contribution in [1.29, 1.82) is 5.26 Å². The molecule has 3 aromatic rings. The highest BCUT2D eigenvalue weighted by Gasteiger charge is 2.15. The van der Waals surface area contributed by atoms with Gasteiger partial charge in [-0.1, -0.05) is 29.8 Å². The smallest absolute Gasteiger partial charge is 0.256 e. The summed E-state index contributed by atoms with van der Waals surface area (Å²) in [7, 11) is 1.49. The highest BCUT2D eigenvalue weighted by Crippen LogP contribution is 2.28. The number of anilines is 2. The summed E-state index contributed by atoms with van der Waals surface area (Å²) in [5.74, 6) is 0.101. The number of nitriles is 1. The molecule has 2 amide bonds. The minimum Gasteiger partial charge on any atom is -0.495 e. The Kier molecular flexibility index (Phi) is 7.31. The number of benzene rings is 3. The lowest BCUT2D eigenvalue weighted by Gasteiger charge is -2.13. The number of carbonyl (C=O) groups is 2. The van der Waals surface area contributed by atoms with Gasteiger partial charge in [0, 0.05) is 10.6 Å². The molecule has 0 spiro atoms. The van der Waals surface area contributed by atoms with E-state index in [1.807, 2.05) is 43.3 Å². The van der Waals surface area contributed by atoms with Crippen LogP contribution >= 0.6 is 11.8 Å². The van der Waals surface area contributed by atoms with Crippen LogP contribution < -0.4 is 15.4 Å². The molecule has 0 aliphatic carbocycles. The molecule has 0 aromatic heterocycles. The maximum atomic E-state index is 12.9. The van der Waals surface area contributed by atoms with E-state index in [2.05, 4.69) is 10.6 Å². The van der Waals surface area contributed by atoms with Crippen molar-refractivity contribution in [3.05, 3.63) is 83.4 Å². The van der Waals surface area contributed by atoms with Crippen LogP contribution in [0.4, 0.5) is 11.4 Å². The van der Waals surface area contributed by atoms with Gasteiger partial charge in [0.05, 0.1) is 35.7 Å². The molecule has 0 atom stereocenters. The molecule has 3 rings (SSSR count). The molecule has 31 heavy (non-hydrogen) atoms. The zero-order chi connectivity index (χ0) is 22.2. The van der Waals surface area contributed by atoms with Gasteiger partial charge >= 0.3 is 0 Å². The number of nitrogens with one attached hydrogen (secondary N) is 2. The lowest BCUT2D eigenvalue weighted by molar-refractivity contribution is -0.113. The highest BCUT2D eigenvalue weighted by molar-refractivity contribution is 8.00. The van der Waals surface area contributed by atoms with Gasteiger partial charge < -0.3 is 15.4 Å². The van der Waals surface area contributed by atoms with E-state index in [9.17, 15) is 9.59 Å². The molecule has 6 nitrogen and oxygen atoms in total. The van der Waals surface area contributed by atoms with Gasteiger partial charge in [-0.05, 0) is 49.4 Å². The van der Waals surface area contributed by atoms with Gasteiger partial charge in [-0.25, -0.2) is 0 Å². The molecule has 156 valence electrons. The first kappa shape index (κ1) is 21.9. The minimum absolute atomic E-state index is 0.158. The van der Waals surface area contributed by atoms with Gasteiger partial charge in [0.15, 0.2) is 0 Å². The van der Waals surface area contributed by atoms with Crippen LogP contribution in [0.5, 0.6) is 5.75 Å². The highest BCUT2D eigenvalue weighted by atomic mass is 32.2. The minimum atomic E-state index is -0.351. The van der Waals surface area contributed by atoms with Crippen molar-refractivity contribution in [3.8, 4) is 11.8 Å². The van der Waals surface area contributed by atoms with E-state index in [1.54, 1.807) is 36.4 Å². The fourth-order valence-electron chi connectivity index (χ4n) is 2.82. The lowest BCUT2D eigenvalue weighted by Crippen LogP contribution is -2.16. The SMILES string of the molecule is COc1ccc(C#N)cc1NC(=O)c1ccccc1SCC(=O)Nc1ccc(C)cc1. The summed E-state index contributed by atoms with van der Waals surface area (Å²) in [6.07, 6.45) is 0. The molecular weight excluding hydrogens is 410 g/mol. The second kappa shape index (κ2) is 10.3. The van der Waals surface area contributed by atoms with Crippen molar-refractivity contribution in [3.63, 3.8) is 0 Å². The maximum Gasteiger partial charge on any atom is 0.256 e. The molecule has 0 heterocycles. The first-order valence-corrected chi connectivity index (χ1v) is 10.5. The number of thioether (sulfide) groups is 1. The van der Waals surface area contributed by atoms with Gasteiger partial charge in [0.1, 0.15) is 5.75 Å². The third-order valence-electron chi connectivity index (χ3n) is 4.40. The lowest BCUT2D eigenvalue weighted by atomic mass is 10.1. The van der Waals surface area contributed by atoms with Crippen LogP contribution in [0.3, 0.4) is 0 Å². The zero-order valence-electron chi connectivity index (χ0n) is 17.1. The Balaban J connectivity index is 1.70. The van der Waals surface area contributed by atoms with E-state index in [0.29, 0.717) is 27.5 Å². The molecule has 0 unspecified atom stereocenters. The number of hydrogen-bond donors (Lipinski definition) is 2. The molecule has 0 aliphatic rings. The Morgan fingerprint density at radius 1 is 1.03 bits per heavy atom. The summed E-state index contributed by atoms with van der Waals surface area (Å²) in [5, 5.41) is 14.8. The molecular formula is C24H21N3O3S. The Bertz CT molecular complexity index is 1140. The molecule has 0 radical (unpaired) electrons. The number of carbonyl (C=O) groups excluding carboxylic acids is 2. The molecule has 0 bridgehead atoms. The molecule has 2 N–H and O–H groups in total. The van der Waals surface area contributed by atoms with Crippen molar-refractivity contribution in [1.82, 2.24) is 0 Å². The normalized spacial score (nSPS) is 10.1. The number of methoxy groups -OCH3 is 1. The van der Waals surface area contributed by atoms with Crippen LogP contribution in [0.25, 0.3) is 0 Å². The Labute approximate surface area is 185 Å². The number of hydrogen-bond acceptors (Lipinski definition) is 5. The van der Waals surface area contributed by atoms with Gasteiger partial charge in [-0.15, -0.1) is 11.8 Å². The van der Waals surface area contributed by atoms with Crippen LogP contribution in [0.2, 0.25) is 0 Å². The van der Waals surface area contributed by atoms with E-state index >= 15 is 0 Å². The molecule has 0 aliphatic heterocycles. The zero-order valence-corrected chi connectivity index (χ0v) is 18.0. The van der Waals surface area contributed by atoms with Crippen LogP contribution in [0, 0.1) is 18.3 Å². The van der Waals surface area contributed by atoms with E-state index in [0.717, 1.165) is 11.3 Å². The molecule has 0 saturated heterocycles. The van der Waals surface area contributed by atoms with Crippen LogP contribution in [0.15, 0.2) is 71.6 Å². The number of rotatable bonds is 7. The first-order chi connectivity index (χ1) is 15.0. The van der Waals surface area contributed by atoms with E-state index < -0.39 is 0 Å². The number of nitrogens with zero attached hydrogens (tertiary/aromatic N) is 1. The Morgan fingerprint density at radius 3 is 2.48 bits per heavy atom. The van der Waals surface area contributed by atoms with Crippen LogP contribution in [-0.2, 0) is 4.79 Å². The molecule has 0 fully saturated rings. The monoisotopic (exact) mass is 431 g/mol. The third-order valence-corrected chi connectivity index (χ3v) is 5.48. The van der Waals surface area contributed by atoms with Gasteiger partial charge in [-0.2, -0.15) is 5.26 Å². The first-order valence-electron chi connectivity index (χ1n) is 9.48. The number of aryl methyl sites for hydroxylation is 1. The van der Waals surface area contributed by atoms with Crippen molar-refractivity contribution in [2.24, 2.45) is 0 Å². The van der Waals surface area contributed by atoms with Gasteiger partial charge in [0.25, 0.3) is 5.91 Å². The molecule has 0 saturated carbocycles. The average molecular weight is 432 g/mol. The van der Waals surface area contributed by atoms with Crippen molar-refractivity contribution >= 4 is 35.0 Å². The molecule has 3 aromatic carbocycles. The number of ether oxygens (including phenoxy) is 1. The Hall–Kier alpha value is -3.76. The maximum absolute atomic E-state index is 12.9. The van der Waals surface area contributed by atoms with Crippen molar-refractivity contribution in [2.45, 2.75) is 11.8 Å². The fourth-order valence-corrected chi connectivity index (χ4v) is 3.67. The van der Waals surface area contributed by atoms with Gasteiger partial charge in [0.2, 0.25) is 5.91 Å². The van der Waals surface area contributed by atoms with Gasteiger partial charge in [-0.3, -0.25) is 9.59 Å². The summed E-state index contributed by atoms with van der Waals surface area (Å²) in [5.41, 5.74) is 3.09. The van der Waals surface area contributed by atoms with E-state index in [4.69, 9.17) is 10.00 Å². The van der Waals surface area contributed by atoms with Crippen molar-refractivity contribution in [2.75, 3.05) is 23.5 Å². The second-order valence-electron chi connectivity index (χ2n) is 6.68. The second-order valence-corrected chi connectivity index (χ2v) is 7.70. The summed E-state index contributed by atoms with van der Waals surface area (Å²) in [6.45, 7) is 1.98. The summed E-state index contributed by atoms with van der Waals surface area (Å²) < 4.78 is 5.27. The predicted octanol–water partition coefficient (Wildman–Crippen LogP) is 4.86. The topological polar surface area (TPSA) is 91.2 Å². The number of amides is 2. The third kappa shape index (κ3) is 5.87. The van der Waals surface area contributed by atoms with Crippen LogP contribution in [0.1, 0.15) is 21.5 Å². The quantitative estimate of drug-likeness (QED) is 0.522. The van der Waals surface area contributed by atoms with Crippen molar-refractivity contribution < 1.29 is 14.3 Å². The van der Waals surface area contributed by atoms with E-state index in [-0.39, 0.29) is 17.6 Å². The summed E-state index contributed by atoms with van der Waals surface area (Å²) in [4.78, 5) is 25.9. The standard InChI is InChI=1S/C24H21N3O3S/c1-16-7-10-18(11-8-16)26-23(28)15-31-22-6-4-3-5-19(22)24(29)27-20-13-17(14-25)9-12-21(20)30-2/h3-13H,15H2,1-2H3,(H,26,28)(H,27,29). The Morgan fingerprint density at radius 2 is 1.77 bits per heavy atom. The average Bonchev–Trinajstić information content (AvgIpc) is 2.79. The molecule has 7 heteroatoms. The fraction of sp³-hybridized carbons (Fsp3) is 0.125. The van der Waals surface area contributed by atoms with E-state index in [1.165, 1.54) is 18.9 Å². The predicted molar refractivity (Wildman–Crippen MR) is 123 cm³/mol. The van der Waals surface area contributed by atoms with Crippen LogP contribution in [-0.4, -0.2) is 24.7 Å². The summed E-state index contributed by atoms with van der Waals surface area (Å²) >= 11 is 1.28.